The second-order valence-corrected chi connectivity index (χ2v) is 5.34. The summed E-state index contributed by atoms with van der Waals surface area (Å²) in [7, 11) is 1.56. The van der Waals surface area contributed by atoms with E-state index in [2.05, 4.69) is 0 Å². The minimum absolute atomic E-state index is 0.156. The number of rotatable bonds is 4. The molecule has 0 fully saturated rings. The zero-order valence-electron chi connectivity index (χ0n) is 13.2. The minimum atomic E-state index is -0.204. The Labute approximate surface area is 138 Å². The Morgan fingerprint density at radius 3 is 2.42 bits per heavy atom. The molecule has 0 saturated heterocycles. The largest absolute Gasteiger partial charge is 0.497 e. The number of fused-ring (bicyclic) bond motifs is 1. The first-order valence-corrected chi connectivity index (χ1v) is 7.30. The molecular weight excluding hydrogens is 304 g/mol. The molecule has 0 atom stereocenters. The maximum absolute atomic E-state index is 12.8. The van der Waals surface area contributed by atoms with Gasteiger partial charge in [0.2, 0.25) is 5.78 Å². The molecule has 0 unspecified atom stereocenters. The van der Waals surface area contributed by atoms with Crippen LogP contribution in [0.3, 0.4) is 0 Å². The predicted molar refractivity (Wildman–Crippen MR) is 88.5 cm³/mol. The molecule has 24 heavy (non-hydrogen) atoms. The van der Waals surface area contributed by atoms with Crippen molar-refractivity contribution in [2.45, 2.75) is 6.92 Å². The van der Waals surface area contributed by atoms with Crippen LogP contribution in [0.5, 0.6) is 5.75 Å². The number of hydrogen-bond acceptors (Lipinski definition) is 4. The topological polar surface area (TPSA) is 71.6 Å². The van der Waals surface area contributed by atoms with Gasteiger partial charge >= 0.3 is 0 Å². The van der Waals surface area contributed by atoms with Crippen LogP contribution in [0.25, 0.3) is 5.52 Å². The molecule has 0 aliphatic carbocycles. The van der Waals surface area contributed by atoms with Gasteiger partial charge in [-0.05, 0) is 49.4 Å². The van der Waals surface area contributed by atoms with Crippen LogP contribution in [0.4, 0.5) is 0 Å². The number of ketones is 2. The van der Waals surface area contributed by atoms with Crippen LogP contribution in [0.1, 0.15) is 38.9 Å². The average Bonchev–Trinajstić information content (AvgIpc) is 3.00. The van der Waals surface area contributed by atoms with Crippen molar-refractivity contribution in [2.75, 3.05) is 7.11 Å². The fraction of sp³-hybridized carbons (Fsp3) is 0.105. The second-order valence-electron chi connectivity index (χ2n) is 5.34. The summed E-state index contributed by atoms with van der Waals surface area (Å²) in [4.78, 5) is 24.7. The third-order valence-electron chi connectivity index (χ3n) is 3.86. The molecule has 0 radical (unpaired) electrons. The molecule has 0 aliphatic rings. The molecule has 3 rings (SSSR count). The highest BCUT2D eigenvalue weighted by atomic mass is 16.5. The average molecular weight is 318 g/mol. The number of nitriles is 1. The third kappa shape index (κ3) is 2.55. The van der Waals surface area contributed by atoms with E-state index in [-0.39, 0.29) is 11.6 Å². The first-order chi connectivity index (χ1) is 11.5. The normalized spacial score (nSPS) is 10.4. The molecule has 2 heterocycles. The zero-order chi connectivity index (χ0) is 17.3. The van der Waals surface area contributed by atoms with Crippen molar-refractivity contribution in [1.29, 1.82) is 5.26 Å². The van der Waals surface area contributed by atoms with Crippen LogP contribution >= 0.6 is 0 Å². The molecule has 2 aromatic heterocycles. The molecular formula is C19H14N2O3. The molecule has 0 saturated carbocycles. The van der Waals surface area contributed by atoms with E-state index in [1.165, 1.54) is 6.92 Å². The monoisotopic (exact) mass is 318 g/mol. The summed E-state index contributed by atoms with van der Waals surface area (Å²) in [6.07, 6.45) is 1.64. The number of ether oxygens (including phenoxy) is 1. The smallest absolute Gasteiger partial charge is 0.209 e. The molecule has 5 heteroatoms. The van der Waals surface area contributed by atoms with Crippen molar-refractivity contribution >= 4 is 17.1 Å². The van der Waals surface area contributed by atoms with Gasteiger partial charge in [-0.15, -0.1) is 0 Å². The highest BCUT2D eigenvalue weighted by Gasteiger charge is 2.19. The number of nitrogens with zero attached hydrogens (tertiary/aromatic N) is 2. The Kier molecular flexibility index (Phi) is 3.88. The Hall–Kier alpha value is -3.39. The summed E-state index contributed by atoms with van der Waals surface area (Å²) >= 11 is 0. The van der Waals surface area contributed by atoms with E-state index in [0.29, 0.717) is 33.7 Å². The van der Waals surface area contributed by atoms with Gasteiger partial charge in [0, 0.05) is 17.3 Å². The molecule has 3 aromatic rings. The van der Waals surface area contributed by atoms with Gasteiger partial charge < -0.3 is 9.14 Å². The Balaban J connectivity index is 2.16. The van der Waals surface area contributed by atoms with Crippen molar-refractivity contribution in [3.8, 4) is 11.8 Å². The van der Waals surface area contributed by atoms with Crippen molar-refractivity contribution in [3.05, 3.63) is 71.0 Å². The molecule has 1 aromatic carbocycles. The Morgan fingerprint density at radius 1 is 1.12 bits per heavy atom. The minimum Gasteiger partial charge on any atom is -0.497 e. The van der Waals surface area contributed by atoms with Crippen LogP contribution < -0.4 is 4.74 Å². The lowest BCUT2D eigenvalue weighted by Gasteiger charge is -2.04. The predicted octanol–water partition coefficient (Wildman–Crippen LogP) is 3.25. The van der Waals surface area contributed by atoms with Crippen LogP contribution in [-0.2, 0) is 0 Å². The van der Waals surface area contributed by atoms with E-state index < -0.39 is 0 Å². The van der Waals surface area contributed by atoms with Crippen molar-refractivity contribution in [1.82, 2.24) is 4.40 Å². The summed E-state index contributed by atoms with van der Waals surface area (Å²) in [5.41, 5.74) is 2.29. The quantitative estimate of drug-likeness (QED) is 0.692. The molecule has 0 spiro atoms. The number of Topliss-reactive ketones (excluding diaryl/α,β-unsaturated/α-hetero) is 1. The van der Waals surface area contributed by atoms with E-state index in [0.717, 1.165) is 0 Å². The summed E-state index contributed by atoms with van der Waals surface area (Å²) in [5, 5.41) is 9.05. The molecule has 0 amide bonds. The number of benzene rings is 1. The van der Waals surface area contributed by atoms with Gasteiger partial charge in [0.15, 0.2) is 5.78 Å². The molecule has 0 N–H and O–H groups in total. The Morgan fingerprint density at radius 2 is 1.83 bits per heavy atom. The number of carbonyl (C=O) groups excluding carboxylic acids is 2. The Bertz CT molecular complexity index is 992. The van der Waals surface area contributed by atoms with E-state index >= 15 is 0 Å². The number of carbonyl (C=O) groups is 2. The van der Waals surface area contributed by atoms with Crippen LogP contribution in [-0.4, -0.2) is 23.1 Å². The lowest BCUT2D eigenvalue weighted by atomic mass is 10.1. The maximum atomic E-state index is 12.8. The van der Waals surface area contributed by atoms with E-state index in [1.54, 1.807) is 60.2 Å². The summed E-state index contributed by atoms with van der Waals surface area (Å²) in [6.45, 7) is 1.44. The molecule has 0 aliphatic heterocycles. The van der Waals surface area contributed by atoms with Crippen molar-refractivity contribution in [3.63, 3.8) is 0 Å². The third-order valence-corrected chi connectivity index (χ3v) is 3.86. The zero-order valence-corrected chi connectivity index (χ0v) is 13.2. The SMILES string of the molecule is COc1ccc(C(=O)c2cc(C(C)=O)c3cc(C#N)ccn23)cc1. The summed E-state index contributed by atoms with van der Waals surface area (Å²) in [5.74, 6) is 0.302. The standard InChI is InChI=1S/C19H14N2O3/c1-12(22)16-10-18(21-8-7-13(11-20)9-17(16)21)19(23)14-3-5-15(24-2)6-4-14/h3-10H,1-2H3. The van der Waals surface area contributed by atoms with E-state index in [1.807, 2.05) is 6.07 Å². The molecule has 5 nitrogen and oxygen atoms in total. The number of pyridine rings is 1. The highest BCUT2D eigenvalue weighted by molar-refractivity contribution is 6.12. The number of hydrogen-bond donors (Lipinski definition) is 0. The van der Waals surface area contributed by atoms with Crippen LogP contribution in [0.2, 0.25) is 0 Å². The number of methoxy groups -OCH3 is 1. The lowest BCUT2D eigenvalue weighted by Crippen LogP contribution is -2.05. The lowest BCUT2D eigenvalue weighted by molar-refractivity contribution is 0.101. The molecule has 0 bridgehead atoms. The fourth-order valence-electron chi connectivity index (χ4n) is 2.61. The summed E-state index contributed by atoms with van der Waals surface area (Å²) < 4.78 is 6.74. The highest BCUT2D eigenvalue weighted by Crippen LogP contribution is 2.22. The van der Waals surface area contributed by atoms with Gasteiger partial charge in [0.05, 0.1) is 30.0 Å². The van der Waals surface area contributed by atoms with Gasteiger partial charge in [0.25, 0.3) is 0 Å². The van der Waals surface area contributed by atoms with Gasteiger partial charge in [-0.1, -0.05) is 0 Å². The van der Waals surface area contributed by atoms with Gasteiger partial charge in [-0.3, -0.25) is 9.59 Å². The van der Waals surface area contributed by atoms with Gasteiger partial charge in [0.1, 0.15) is 5.75 Å². The number of aromatic nitrogens is 1. The van der Waals surface area contributed by atoms with Gasteiger partial charge in [-0.25, -0.2) is 0 Å². The van der Waals surface area contributed by atoms with E-state index in [9.17, 15) is 9.59 Å². The van der Waals surface area contributed by atoms with Crippen LogP contribution in [0, 0.1) is 11.3 Å². The molecule has 118 valence electrons. The summed E-state index contributed by atoms with van der Waals surface area (Å²) in [6, 6.07) is 13.6. The fourth-order valence-corrected chi connectivity index (χ4v) is 2.61. The van der Waals surface area contributed by atoms with Crippen molar-refractivity contribution < 1.29 is 14.3 Å². The first-order valence-electron chi connectivity index (χ1n) is 7.30. The second kappa shape index (κ2) is 6.01. The van der Waals surface area contributed by atoms with Crippen molar-refractivity contribution in [2.24, 2.45) is 0 Å². The first kappa shape index (κ1) is 15.5. The van der Waals surface area contributed by atoms with Crippen LogP contribution in [0.15, 0.2) is 48.7 Å². The van der Waals surface area contributed by atoms with E-state index in [4.69, 9.17) is 10.00 Å². The van der Waals surface area contributed by atoms with Gasteiger partial charge in [-0.2, -0.15) is 5.26 Å². The maximum Gasteiger partial charge on any atom is 0.209 e.